The number of rotatable bonds is 6. The van der Waals surface area contributed by atoms with E-state index in [9.17, 15) is 23.1 Å². The fourth-order valence-electron chi connectivity index (χ4n) is 2.61. The monoisotopic (exact) mass is 474 g/mol. The second-order valence-corrected chi connectivity index (χ2v) is 9.01. The molecule has 0 saturated heterocycles. The van der Waals surface area contributed by atoms with E-state index in [0.717, 1.165) is 31.4 Å². The highest BCUT2D eigenvalue weighted by Crippen LogP contribution is 2.40. The van der Waals surface area contributed by atoms with Crippen LogP contribution in [0.1, 0.15) is 19.3 Å². The van der Waals surface area contributed by atoms with Gasteiger partial charge in [0.2, 0.25) is 10.0 Å². The van der Waals surface area contributed by atoms with Crippen molar-refractivity contribution in [2.24, 2.45) is 0 Å². The van der Waals surface area contributed by atoms with E-state index in [-0.39, 0.29) is 38.2 Å². The molecule has 0 aromatic heterocycles. The summed E-state index contributed by atoms with van der Waals surface area (Å²) >= 11 is 12.2. The Balaban J connectivity index is 1.86. The molecule has 1 aliphatic rings. The van der Waals surface area contributed by atoms with Crippen LogP contribution in [0.2, 0.25) is 10.0 Å². The van der Waals surface area contributed by atoms with Gasteiger partial charge in [-0.15, -0.1) is 0 Å². The summed E-state index contributed by atoms with van der Waals surface area (Å²) in [6.07, 6.45) is 2.39. The molecule has 0 heterocycles. The Morgan fingerprint density at radius 3 is 2.27 bits per heavy atom. The van der Waals surface area contributed by atoms with Gasteiger partial charge in [-0.3, -0.25) is 4.79 Å². The number of hydrogen-bond acceptors (Lipinski definition) is 6. The number of phenolic OH excluding ortho intramolecular Hbond substituents is 1. The maximum absolute atomic E-state index is 12.5. The molecule has 9 nitrogen and oxygen atoms in total. The van der Waals surface area contributed by atoms with Crippen LogP contribution in [-0.2, 0) is 19.6 Å². The number of carbonyl (C=O) groups excluding carboxylic acids is 1. The van der Waals surface area contributed by atoms with E-state index in [1.807, 2.05) is 0 Å². The van der Waals surface area contributed by atoms with Gasteiger partial charge in [0.25, 0.3) is 0 Å². The van der Waals surface area contributed by atoms with Gasteiger partial charge in [-0.05, 0) is 37.1 Å². The molecule has 1 fully saturated rings. The van der Waals surface area contributed by atoms with Gasteiger partial charge in [-0.2, -0.15) is 0 Å². The molecule has 0 atom stereocenters. The average molecular weight is 475 g/mol. The van der Waals surface area contributed by atoms with Crippen molar-refractivity contribution in [3.63, 3.8) is 0 Å². The smallest absolute Gasteiger partial charge is 0.394 e. The third-order valence-corrected chi connectivity index (χ3v) is 6.43. The third kappa shape index (κ3) is 4.96. The van der Waals surface area contributed by atoms with Gasteiger partial charge in [0.15, 0.2) is 5.75 Å². The average Bonchev–Trinajstić information content (AvgIpc) is 2.62. The lowest BCUT2D eigenvalue weighted by atomic mass is 9.94. The number of carboxylic acids is 1. The van der Waals surface area contributed by atoms with Gasteiger partial charge < -0.3 is 20.3 Å². The highest BCUT2D eigenvalue weighted by molar-refractivity contribution is 7.89. The standard InChI is InChI=1S/C18H16Cl2N2O7S/c19-12-6-10(21-17(24)18(25)26)7-13(20)16(12)29-11-4-5-14(23)15(8-11)30(27,28)22-9-2-1-3-9/h4-9,22-23H,1-3H2,(H,21,24)(H,25,26). The summed E-state index contributed by atoms with van der Waals surface area (Å²) in [6, 6.07) is 5.89. The largest absolute Gasteiger partial charge is 0.507 e. The number of nitrogens with one attached hydrogen (secondary N) is 2. The zero-order valence-corrected chi connectivity index (χ0v) is 17.5. The number of anilines is 1. The predicted molar refractivity (Wildman–Crippen MR) is 109 cm³/mol. The fraction of sp³-hybridized carbons (Fsp3) is 0.222. The first-order valence-corrected chi connectivity index (χ1v) is 10.9. The number of carboxylic acid groups (broad SMARTS) is 1. The van der Waals surface area contributed by atoms with Crippen LogP contribution < -0.4 is 14.8 Å². The molecule has 2 aromatic carbocycles. The molecule has 160 valence electrons. The first-order chi connectivity index (χ1) is 14.1. The van der Waals surface area contributed by atoms with Crippen molar-refractivity contribution in [2.45, 2.75) is 30.2 Å². The van der Waals surface area contributed by atoms with Crippen molar-refractivity contribution in [3.05, 3.63) is 40.4 Å². The molecule has 0 aliphatic heterocycles. The Hall–Kier alpha value is -2.53. The van der Waals surface area contributed by atoms with Crippen molar-refractivity contribution in [3.8, 4) is 17.2 Å². The van der Waals surface area contributed by atoms with Crippen LogP contribution in [0.4, 0.5) is 5.69 Å². The number of halogens is 2. The van der Waals surface area contributed by atoms with Crippen LogP contribution >= 0.6 is 23.2 Å². The summed E-state index contributed by atoms with van der Waals surface area (Å²) < 4.78 is 33.2. The lowest BCUT2D eigenvalue weighted by Gasteiger charge is -2.26. The molecule has 4 N–H and O–H groups in total. The Bertz CT molecular complexity index is 1090. The van der Waals surface area contributed by atoms with Crippen LogP contribution in [0, 0.1) is 0 Å². The second-order valence-electron chi connectivity index (χ2n) is 6.51. The molecule has 0 bridgehead atoms. The van der Waals surface area contributed by atoms with Gasteiger partial charge in [-0.25, -0.2) is 17.9 Å². The Morgan fingerprint density at radius 1 is 1.10 bits per heavy atom. The minimum absolute atomic E-state index is 0.0309. The molecular weight excluding hydrogens is 459 g/mol. The summed E-state index contributed by atoms with van der Waals surface area (Å²) in [6.45, 7) is 0. The molecule has 0 unspecified atom stereocenters. The molecule has 1 saturated carbocycles. The number of sulfonamides is 1. The number of amides is 1. The van der Waals surface area contributed by atoms with Gasteiger partial charge in [0, 0.05) is 17.8 Å². The zero-order chi connectivity index (χ0) is 22.1. The number of phenols is 1. The van der Waals surface area contributed by atoms with Crippen molar-refractivity contribution in [1.82, 2.24) is 4.72 Å². The topological polar surface area (TPSA) is 142 Å². The van der Waals surface area contributed by atoms with Crippen molar-refractivity contribution in [1.29, 1.82) is 0 Å². The van der Waals surface area contributed by atoms with Crippen LogP contribution in [0.3, 0.4) is 0 Å². The molecular formula is C18H16Cl2N2O7S. The molecule has 0 radical (unpaired) electrons. The minimum Gasteiger partial charge on any atom is -0.507 e. The van der Waals surface area contributed by atoms with Gasteiger partial charge in [0.1, 0.15) is 16.4 Å². The molecule has 1 amide bonds. The van der Waals surface area contributed by atoms with Crippen LogP contribution in [0.25, 0.3) is 0 Å². The van der Waals surface area contributed by atoms with Gasteiger partial charge in [-0.1, -0.05) is 29.6 Å². The Labute approximate surface area is 181 Å². The summed E-state index contributed by atoms with van der Waals surface area (Å²) in [4.78, 5) is 21.5. The van der Waals surface area contributed by atoms with E-state index in [1.165, 1.54) is 18.2 Å². The fourth-order valence-corrected chi connectivity index (χ4v) is 4.59. The van der Waals surface area contributed by atoms with Gasteiger partial charge in [0.05, 0.1) is 10.0 Å². The number of aliphatic carboxylic acids is 1. The maximum Gasteiger partial charge on any atom is 0.394 e. The predicted octanol–water partition coefficient (Wildman–Crippen LogP) is 3.35. The number of hydrogen-bond donors (Lipinski definition) is 4. The SMILES string of the molecule is O=C(O)C(=O)Nc1cc(Cl)c(Oc2ccc(O)c(S(=O)(=O)NC3CCC3)c2)c(Cl)c1. The summed E-state index contributed by atoms with van der Waals surface area (Å²) in [7, 11) is -3.96. The minimum atomic E-state index is -3.96. The maximum atomic E-state index is 12.5. The normalized spacial score (nSPS) is 14.1. The van der Waals surface area contributed by atoms with Crippen LogP contribution in [0.5, 0.6) is 17.2 Å². The van der Waals surface area contributed by atoms with Crippen molar-refractivity contribution in [2.75, 3.05) is 5.32 Å². The van der Waals surface area contributed by atoms with Crippen molar-refractivity contribution >= 4 is 50.8 Å². The van der Waals surface area contributed by atoms with Gasteiger partial charge >= 0.3 is 11.9 Å². The number of benzene rings is 2. The molecule has 1 aliphatic carbocycles. The van der Waals surface area contributed by atoms with E-state index >= 15 is 0 Å². The van der Waals surface area contributed by atoms with E-state index in [2.05, 4.69) is 10.0 Å². The molecule has 3 rings (SSSR count). The van der Waals surface area contributed by atoms with E-state index < -0.39 is 27.6 Å². The molecule has 0 spiro atoms. The molecule has 2 aromatic rings. The Morgan fingerprint density at radius 2 is 1.73 bits per heavy atom. The highest BCUT2D eigenvalue weighted by Gasteiger charge is 2.27. The first-order valence-electron chi connectivity index (χ1n) is 8.63. The summed E-state index contributed by atoms with van der Waals surface area (Å²) in [5.41, 5.74) is 0.0309. The van der Waals surface area contributed by atoms with E-state index in [0.29, 0.717) is 0 Å². The Kier molecular flexibility index (Phi) is 6.41. The van der Waals surface area contributed by atoms with Crippen molar-refractivity contribution < 1.29 is 33.0 Å². The number of aromatic hydroxyl groups is 1. The lowest BCUT2D eigenvalue weighted by molar-refractivity contribution is -0.147. The summed E-state index contributed by atoms with van der Waals surface area (Å²) in [5, 5.41) is 20.6. The quantitative estimate of drug-likeness (QED) is 0.470. The first kappa shape index (κ1) is 22.2. The van der Waals surface area contributed by atoms with E-state index in [1.54, 1.807) is 0 Å². The number of carbonyl (C=O) groups is 2. The molecule has 12 heteroatoms. The van der Waals surface area contributed by atoms with Crippen LogP contribution in [-0.4, -0.2) is 36.5 Å². The second kappa shape index (κ2) is 8.68. The lowest BCUT2D eigenvalue weighted by Crippen LogP contribution is -2.39. The number of ether oxygens (including phenoxy) is 1. The summed E-state index contributed by atoms with van der Waals surface area (Å²) in [5.74, 6) is -3.42. The molecule has 30 heavy (non-hydrogen) atoms. The third-order valence-electron chi connectivity index (χ3n) is 4.32. The zero-order valence-electron chi connectivity index (χ0n) is 15.2. The van der Waals surface area contributed by atoms with E-state index in [4.69, 9.17) is 33.0 Å². The highest BCUT2D eigenvalue weighted by atomic mass is 35.5. The van der Waals surface area contributed by atoms with Crippen LogP contribution in [0.15, 0.2) is 35.2 Å².